The van der Waals surface area contributed by atoms with Crippen LogP contribution in [-0.2, 0) is 4.74 Å². The summed E-state index contributed by atoms with van der Waals surface area (Å²) >= 11 is 0. The highest BCUT2D eigenvalue weighted by Gasteiger charge is 2.16. The molecule has 0 saturated heterocycles. The number of aromatic nitrogens is 1. The van der Waals surface area contributed by atoms with Crippen LogP contribution >= 0.6 is 0 Å². The van der Waals surface area contributed by atoms with Crippen molar-refractivity contribution in [2.24, 2.45) is 0 Å². The largest absolute Gasteiger partial charge is 0.465 e. The zero-order valence-corrected chi connectivity index (χ0v) is 11.4. The molecule has 0 radical (unpaired) electrons. The maximum atomic E-state index is 11.8. The molecule has 4 heteroatoms. The minimum Gasteiger partial charge on any atom is -0.465 e. The Kier molecular flexibility index (Phi) is 3.51. The first-order valence-corrected chi connectivity index (χ1v) is 6.48. The van der Waals surface area contributed by atoms with Gasteiger partial charge < -0.3 is 9.15 Å². The van der Waals surface area contributed by atoms with Crippen molar-refractivity contribution < 1.29 is 13.9 Å². The summed E-state index contributed by atoms with van der Waals surface area (Å²) in [7, 11) is 1.35. The molecule has 0 N–H and O–H groups in total. The minimum atomic E-state index is -0.412. The molecule has 0 aliphatic carbocycles. The molecule has 104 valence electrons. The zero-order valence-electron chi connectivity index (χ0n) is 11.4. The highest BCUT2D eigenvalue weighted by molar-refractivity contribution is 5.96. The summed E-state index contributed by atoms with van der Waals surface area (Å²) < 4.78 is 10.6. The summed E-state index contributed by atoms with van der Waals surface area (Å²) in [6, 6.07) is 16.8. The van der Waals surface area contributed by atoms with Crippen molar-refractivity contribution in [1.82, 2.24) is 4.98 Å². The predicted molar refractivity (Wildman–Crippen MR) is 78.7 cm³/mol. The van der Waals surface area contributed by atoms with E-state index in [2.05, 4.69) is 4.98 Å². The summed E-state index contributed by atoms with van der Waals surface area (Å²) in [5.74, 6) is 0.644. The van der Waals surface area contributed by atoms with E-state index in [4.69, 9.17) is 9.15 Å². The van der Waals surface area contributed by atoms with Crippen LogP contribution in [-0.4, -0.2) is 18.1 Å². The van der Waals surface area contributed by atoms with Crippen molar-refractivity contribution in [2.75, 3.05) is 7.11 Å². The molecule has 1 heterocycles. The Morgan fingerprint density at radius 1 is 1.05 bits per heavy atom. The van der Waals surface area contributed by atoms with E-state index in [9.17, 15) is 4.79 Å². The lowest BCUT2D eigenvalue weighted by Crippen LogP contribution is -2.03. The highest BCUT2D eigenvalue weighted by Crippen LogP contribution is 2.28. The molecule has 0 saturated carbocycles. The van der Waals surface area contributed by atoms with E-state index in [1.807, 2.05) is 36.4 Å². The fourth-order valence-electron chi connectivity index (χ4n) is 2.09. The second kappa shape index (κ2) is 5.63. The van der Waals surface area contributed by atoms with Crippen LogP contribution < -0.4 is 0 Å². The number of hydrogen-bond acceptors (Lipinski definition) is 4. The van der Waals surface area contributed by atoms with Gasteiger partial charge in [0.2, 0.25) is 5.89 Å². The third kappa shape index (κ3) is 2.56. The summed E-state index contributed by atoms with van der Waals surface area (Å²) in [6.07, 6.45) is 1.65. The zero-order chi connectivity index (χ0) is 14.7. The van der Waals surface area contributed by atoms with Gasteiger partial charge in [-0.05, 0) is 12.1 Å². The lowest BCUT2D eigenvalue weighted by molar-refractivity contribution is 0.0601. The Balaban J connectivity index is 2.03. The van der Waals surface area contributed by atoms with E-state index in [0.29, 0.717) is 22.8 Å². The third-order valence-electron chi connectivity index (χ3n) is 3.13. The van der Waals surface area contributed by atoms with Gasteiger partial charge in [0.25, 0.3) is 0 Å². The predicted octanol–water partition coefficient (Wildman–Crippen LogP) is 3.80. The molecule has 3 rings (SSSR count). The van der Waals surface area contributed by atoms with Gasteiger partial charge in [-0.15, -0.1) is 0 Å². The number of carbonyl (C=O) groups is 1. The van der Waals surface area contributed by atoms with Gasteiger partial charge in [-0.25, -0.2) is 9.78 Å². The maximum Gasteiger partial charge on any atom is 0.338 e. The van der Waals surface area contributed by atoms with E-state index in [-0.39, 0.29) is 0 Å². The van der Waals surface area contributed by atoms with Gasteiger partial charge >= 0.3 is 5.97 Å². The molecule has 21 heavy (non-hydrogen) atoms. The first kappa shape index (κ1) is 13.1. The van der Waals surface area contributed by atoms with Crippen molar-refractivity contribution in [3.63, 3.8) is 0 Å². The Bertz CT molecular complexity index is 762. The number of rotatable bonds is 3. The van der Waals surface area contributed by atoms with Crippen LogP contribution in [0.2, 0.25) is 0 Å². The second-order valence-electron chi connectivity index (χ2n) is 4.43. The topological polar surface area (TPSA) is 52.3 Å². The van der Waals surface area contributed by atoms with Crippen LogP contribution in [0.1, 0.15) is 10.4 Å². The number of methoxy groups -OCH3 is 1. The summed E-state index contributed by atoms with van der Waals surface area (Å²) in [5, 5.41) is 0. The lowest BCUT2D eigenvalue weighted by Gasteiger charge is -2.04. The molecule has 0 atom stereocenters. The lowest BCUT2D eigenvalue weighted by atomic mass is 10.1. The number of hydrogen-bond donors (Lipinski definition) is 0. The van der Waals surface area contributed by atoms with E-state index >= 15 is 0 Å². The Morgan fingerprint density at radius 3 is 2.52 bits per heavy atom. The first-order valence-electron chi connectivity index (χ1n) is 6.48. The van der Waals surface area contributed by atoms with E-state index in [1.165, 1.54) is 7.11 Å². The average Bonchev–Trinajstić information content (AvgIpc) is 3.05. The van der Waals surface area contributed by atoms with Crippen molar-refractivity contribution in [1.29, 1.82) is 0 Å². The Morgan fingerprint density at radius 2 is 1.76 bits per heavy atom. The van der Waals surface area contributed by atoms with E-state index in [0.717, 1.165) is 5.56 Å². The molecule has 0 amide bonds. The summed E-state index contributed by atoms with van der Waals surface area (Å²) in [4.78, 5) is 16.1. The molecule has 3 aromatic rings. The fraction of sp³-hybridized carbons (Fsp3) is 0.0588. The van der Waals surface area contributed by atoms with Crippen LogP contribution in [0.3, 0.4) is 0 Å². The molecule has 0 bridgehead atoms. The molecule has 1 aromatic heterocycles. The maximum absolute atomic E-state index is 11.8. The average molecular weight is 279 g/mol. The van der Waals surface area contributed by atoms with Crippen LogP contribution in [0.25, 0.3) is 22.8 Å². The SMILES string of the molecule is COC(=O)c1ccccc1-c1ncc(-c2ccccc2)o1. The quantitative estimate of drug-likeness (QED) is 0.684. The number of nitrogens with zero attached hydrogens (tertiary/aromatic N) is 1. The van der Waals surface area contributed by atoms with Crippen molar-refractivity contribution in [3.05, 3.63) is 66.4 Å². The molecular formula is C17H13NO3. The smallest absolute Gasteiger partial charge is 0.338 e. The summed E-state index contributed by atoms with van der Waals surface area (Å²) in [5.41, 5.74) is 1.99. The number of carbonyl (C=O) groups excluding carboxylic acids is 1. The number of oxazole rings is 1. The van der Waals surface area contributed by atoms with E-state index in [1.54, 1.807) is 24.4 Å². The van der Waals surface area contributed by atoms with Crippen molar-refractivity contribution >= 4 is 5.97 Å². The van der Waals surface area contributed by atoms with Gasteiger partial charge in [0, 0.05) is 5.56 Å². The van der Waals surface area contributed by atoms with Gasteiger partial charge in [-0.2, -0.15) is 0 Å². The molecule has 0 aliphatic heterocycles. The van der Waals surface area contributed by atoms with E-state index < -0.39 is 5.97 Å². The monoisotopic (exact) mass is 279 g/mol. The molecule has 0 aliphatic rings. The third-order valence-corrected chi connectivity index (χ3v) is 3.13. The molecule has 0 unspecified atom stereocenters. The Labute approximate surface area is 122 Å². The van der Waals surface area contributed by atoms with Crippen LogP contribution in [0.4, 0.5) is 0 Å². The second-order valence-corrected chi connectivity index (χ2v) is 4.43. The van der Waals surface area contributed by atoms with Crippen LogP contribution in [0, 0.1) is 0 Å². The molecule has 0 spiro atoms. The van der Waals surface area contributed by atoms with Gasteiger partial charge in [0.15, 0.2) is 5.76 Å². The summed E-state index contributed by atoms with van der Waals surface area (Å²) in [6.45, 7) is 0. The van der Waals surface area contributed by atoms with Crippen molar-refractivity contribution in [2.45, 2.75) is 0 Å². The van der Waals surface area contributed by atoms with Gasteiger partial charge in [-0.1, -0.05) is 42.5 Å². The van der Waals surface area contributed by atoms with Crippen molar-refractivity contribution in [3.8, 4) is 22.8 Å². The van der Waals surface area contributed by atoms with Crippen LogP contribution in [0.5, 0.6) is 0 Å². The molecule has 4 nitrogen and oxygen atoms in total. The Hall–Kier alpha value is -2.88. The standard InChI is InChI=1S/C17H13NO3/c1-20-17(19)14-10-6-5-9-13(14)16-18-11-15(21-16)12-7-3-2-4-8-12/h2-11H,1H3. The molecule has 0 fully saturated rings. The first-order chi connectivity index (χ1) is 10.3. The fourth-order valence-corrected chi connectivity index (χ4v) is 2.09. The number of ether oxygens (including phenoxy) is 1. The number of benzene rings is 2. The highest BCUT2D eigenvalue weighted by atomic mass is 16.5. The van der Waals surface area contributed by atoms with Gasteiger partial charge in [0.05, 0.1) is 24.4 Å². The van der Waals surface area contributed by atoms with Crippen LogP contribution in [0.15, 0.2) is 65.2 Å². The van der Waals surface area contributed by atoms with Gasteiger partial charge in [0.1, 0.15) is 0 Å². The minimum absolute atomic E-state index is 0.398. The molecular weight excluding hydrogens is 266 g/mol. The number of esters is 1. The molecule has 2 aromatic carbocycles. The normalized spacial score (nSPS) is 10.3. The van der Waals surface area contributed by atoms with Gasteiger partial charge in [-0.3, -0.25) is 0 Å².